The maximum atomic E-state index is 6.21. The Labute approximate surface area is 120 Å². The van der Waals surface area contributed by atoms with Crippen LogP contribution in [-0.2, 0) is 13.3 Å². The van der Waals surface area contributed by atoms with Crippen LogP contribution < -0.4 is 5.73 Å². The van der Waals surface area contributed by atoms with Gasteiger partial charge in [-0.2, -0.15) is 0 Å². The second kappa shape index (κ2) is 11.8. The van der Waals surface area contributed by atoms with Crippen molar-refractivity contribution in [1.82, 2.24) is 0 Å². The van der Waals surface area contributed by atoms with Crippen molar-refractivity contribution in [3.63, 3.8) is 0 Å². The van der Waals surface area contributed by atoms with Gasteiger partial charge in [0, 0.05) is 26.4 Å². The zero-order valence-corrected chi connectivity index (χ0v) is 14.2. The van der Waals surface area contributed by atoms with Crippen LogP contribution in [0.5, 0.6) is 0 Å². The fraction of sp³-hybridized carbons (Fsp3) is 1.00. The topological polar surface area (TPSA) is 53.7 Å². The molecule has 0 aliphatic carbocycles. The lowest BCUT2D eigenvalue weighted by atomic mass is 10.1. The van der Waals surface area contributed by atoms with Crippen molar-refractivity contribution in [1.29, 1.82) is 0 Å². The van der Waals surface area contributed by atoms with Gasteiger partial charge in [0.05, 0.1) is 0 Å². The van der Waals surface area contributed by atoms with Crippen LogP contribution in [0.15, 0.2) is 0 Å². The number of hydrogen-bond acceptors (Lipinski definition) is 4. The minimum Gasteiger partial charge on any atom is -0.377 e. The second-order valence-electron chi connectivity index (χ2n) is 4.98. The minimum atomic E-state index is -2.50. The fourth-order valence-electron chi connectivity index (χ4n) is 2.16. The third-order valence-electron chi connectivity index (χ3n) is 3.49. The molecule has 1 unspecified atom stereocenters. The summed E-state index contributed by atoms with van der Waals surface area (Å²) < 4.78 is 17.4. The normalized spacial score (nSPS) is 13.7. The molecule has 0 amide bonds. The van der Waals surface area contributed by atoms with Gasteiger partial charge in [0.15, 0.2) is 0 Å². The average Bonchev–Trinajstić information content (AvgIpc) is 2.46. The number of rotatable bonds is 13. The van der Waals surface area contributed by atoms with Gasteiger partial charge in [-0.05, 0) is 25.8 Å². The van der Waals surface area contributed by atoms with Gasteiger partial charge in [0.25, 0.3) is 0 Å². The van der Waals surface area contributed by atoms with Gasteiger partial charge in [-0.3, -0.25) is 0 Å². The van der Waals surface area contributed by atoms with Gasteiger partial charge in [-0.25, -0.2) is 0 Å². The molecule has 0 fully saturated rings. The smallest absolute Gasteiger partial charge is 0.377 e. The van der Waals surface area contributed by atoms with Crippen LogP contribution in [-0.4, -0.2) is 35.7 Å². The predicted octanol–water partition coefficient (Wildman–Crippen LogP) is 3.33. The Morgan fingerprint density at radius 2 is 1.68 bits per heavy atom. The number of hydrogen-bond donors (Lipinski definition) is 1. The molecule has 0 saturated heterocycles. The molecule has 0 spiro atoms. The van der Waals surface area contributed by atoms with Crippen LogP contribution in [0.1, 0.15) is 58.8 Å². The van der Waals surface area contributed by atoms with E-state index in [1.54, 1.807) is 14.2 Å². The average molecular weight is 292 g/mol. The summed E-state index contributed by atoms with van der Waals surface area (Å²) in [6.45, 7) is 5.05. The van der Waals surface area contributed by atoms with E-state index in [1.165, 1.54) is 25.7 Å². The summed E-state index contributed by atoms with van der Waals surface area (Å²) in [5, 5.41) is 0. The highest BCUT2D eigenvalue weighted by molar-refractivity contribution is 6.60. The number of unbranched alkanes of at least 4 members (excludes halogenated alkanes) is 3. The Kier molecular flexibility index (Phi) is 11.9. The summed E-state index contributed by atoms with van der Waals surface area (Å²) in [5.74, 6) is 0. The van der Waals surface area contributed by atoms with E-state index in [2.05, 4.69) is 13.8 Å². The first-order chi connectivity index (χ1) is 9.17. The molecule has 0 rings (SSSR count). The van der Waals surface area contributed by atoms with E-state index < -0.39 is 8.80 Å². The summed E-state index contributed by atoms with van der Waals surface area (Å²) in [6.07, 6.45) is 8.33. The summed E-state index contributed by atoms with van der Waals surface area (Å²) in [4.78, 5) is 0. The third kappa shape index (κ3) is 8.04. The maximum Gasteiger partial charge on any atom is 0.500 e. The Balaban J connectivity index is 4.26. The second-order valence-corrected chi connectivity index (χ2v) is 7.90. The molecule has 2 N–H and O–H groups in total. The lowest BCUT2D eigenvalue weighted by molar-refractivity contribution is 0.0479. The van der Waals surface area contributed by atoms with Gasteiger partial charge >= 0.3 is 8.80 Å². The molecule has 0 aliphatic rings. The summed E-state index contributed by atoms with van der Waals surface area (Å²) in [5.41, 5.74) is 5.58. The van der Waals surface area contributed by atoms with Crippen molar-refractivity contribution >= 4 is 8.80 Å². The van der Waals surface area contributed by atoms with E-state index in [0.717, 1.165) is 25.3 Å². The quantitative estimate of drug-likeness (QED) is 0.418. The first-order valence-corrected chi connectivity index (χ1v) is 9.59. The molecule has 19 heavy (non-hydrogen) atoms. The highest BCUT2D eigenvalue weighted by Gasteiger charge is 2.40. The molecule has 0 aliphatic heterocycles. The molecule has 0 heterocycles. The molecule has 4 nitrogen and oxygen atoms in total. The Morgan fingerprint density at radius 1 is 1.00 bits per heavy atom. The van der Waals surface area contributed by atoms with Crippen molar-refractivity contribution in [2.75, 3.05) is 20.8 Å². The monoisotopic (exact) mass is 291 g/mol. The van der Waals surface area contributed by atoms with Crippen LogP contribution in [0.4, 0.5) is 0 Å². The molecule has 1 atom stereocenters. The first kappa shape index (κ1) is 19.1. The third-order valence-corrected chi connectivity index (χ3v) is 6.39. The van der Waals surface area contributed by atoms with Crippen LogP contribution in [0.3, 0.4) is 0 Å². The van der Waals surface area contributed by atoms with E-state index in [-0.39, 0.29) is 6.10 Å². The molecule has 0 aromatic carbocycles. The van der Waals surface area contributed by atoms with Crippen LogP contribution in [0, 0.1) is 0 Å². The molecule has 5 heteroatoms. The van der Waals surface area contributed by atoms with Gasteiger partial charge in [0.2, 0.25) is 0 Å². The standard InChI is InChI=1S/C14H33NO3Si/c1-5-7-8-9-11-14(6-2)18-19(16-3,17-4)13-10-12-15/h14H,5-13,15H2,1-4H3. The van der Waals surface area contributed by atoms with Crippen molar-refractivity contribution < 1.29 is 13.3 Å². The van der Waals surface area contributed by atoms with Crippen molar-refractivity contribution in [2.45, 2.75) is 70.9 Å². The molecule has 116 valence electrons. The summed E-state index contributed by atoms with van der Waals surface area (Å²) in [6, 6.07) is 0.808. The zero-order chi connectivity index (χ0) is 14.6. The molecule has 0 aromatic heterocycles. The first-order valence-electron chi connectivity index (χ1n) is 7.66. The molecule has 0 radical (unpaired) electrons. The van der Waals surface area contributed by atoms with Gasteiger partial charge < -0.3 is 19.0 Å². The molecular formula is C14H33NO3Si. The van der Waals surface area contributed by atoms with E-state index in [0.29, 0.717) is 6.54 Å². The van der Waals surface area contributed by atoms with E-state index >= 15 is 0 Å². The Hall–Kier alpha value is 0.0569. The largest absolute Gasteiger partial charge is 0.500 e. The lowest BCUT2D eigenvalue weighted by Crippen LogP contribution is -2.47. The fourth-order valence-corrected chi connectivity index (χ4v) is 4.48. The molecule has 0 saturated carbocycles. The SMILES string of the molecule is CCCCCCC(CC)O[Si](CCCN)(OC)OC. The molecule has 0 bridgehead atoms. The van der Waals surface area contributed by atoms with Gasteiger partial charge in [0.1, 0.15) is 0 Å². The minimum absolute atomic E-state index is 0.251. The lowest BCUT2D eigenvalue weighted by Gasteiger charge is -2.31. The predicted molar refractivity (Wildman–Crippen MR) is 82.2 cm³/mol. The van der Waals surface area contributed by atoms with Crippen LogP contribution in [0.2, 0.25) is 6.04 Å². The van der Waals surface area contributed by atoms with Crippen molar-refractivity contribution in [3.8, 4) is 0 Å². The van der Waals surface area contributed by atoms with Gasteiger partial charge in [-0.1, -0.05) is 39.5 Å². The number of nitrogens with two attached hydrogens (primary N) is 1. The molecule has 0 aromatic rings. The highest BCUT2D eigenvalue weighted by atomic mass is 28.4. The summed E-state index contributed by atoms with van der Waals surface area (Å²) in [7, 11) is 0.884. The summed E-state index contributed by atoms with van der Waals surface area (Å²) >= 11 is 0. The molecular weight excluding hydrogens is 258 g/mol. The van der Waals surface area contributed by atoms with Crippen LogP contribution in [0.25, 0.3) is 0 Å². The Morgan fingerprint density at radius 3 is 2.16 bits per heavy atom. The van der Waals surface area contributed by atoms with E-state index in [9.17, 15) is 0 Å². The zero-order valence-electron chi connectivity index (χ0n) is 13.2. The van der Waals surface area contributed by atoms with Crippen molar-refractivity contribution in [3.05, 3.63) is 0 Å². The van der Waals surface area contributed by atoms with Crippen LogP contribution >= 0.6 is 0 Å². The highest BCUT2D eigenvalue weighted by Crippen LogP contribution is 2.22. The van der Waals surface area contributed by atoms with Gasteiger partial charge in [-0.15, -0.1) is 0 Å². The van der Waals surface area contributed by atoms with Crippen molar-refractivity contribution in [2.24, 2.45) is 5.73 Å². The van der Waals surface area contributed by atoms with E-state index in [4.69, 9.17) is 19.0 Å². The Bertz CT molecular complexity index is 201. The maximum absolute atomic E-state index is 6.21. The van der Waals surface area contributed by atoms with E-state index in [1.807, 2.05) is 0 Å².